The van der Waals surface area contributed by atoms with Gasteiger partial charge in [0.05, 0.1) is 18.5 Å². The maximum absolute atomic E-state index is 13.2. The quantitative estimate of drug-likeness (QED) is 0.447. The molecule has 8 heteroatoms. The van der Waals surface area contributed by atoms with Gasteiger partial charge in [0, 0.05) is 11.1 Å². The van der Waals surface area contributed by atoms with E-state index >= 15 is 0 Å². The second-order valence-electron chi connectivity index (χ2n) is 7.25. The van der Waals surface area contributed by atoms with Crippen LogP contribution in [0.1, 0.15) is 11.1 Å². The minimum Gasteiger partial charge on any atom is -0.392 e. The highest BCUT2D eigenvalue weighted by Crippen LogP contribution is 2.36. The molecule has 1 aliphatic carbocycles. The fraction of sp³-hybridized carbons (Fsp3) is 0.174. The maximum Gasteiger partial charge on any atom is 0.232 e. The van der Waals surface area contributed by atoms with Crippen molar-refractivity contribution in [1.29, 1.82) is 0 Å². The molecule has 0 bridgehead atoms. The Kier molecular flexibility index (Phi) is 5.75. The van der Waals surface area contributed by atoms with Crippen LogP contribution < -0.4 is 4.31 Å². The summed E-state index contributed by atoms with van der Waals surface area (Å²) < 4.78 is 38.5. The molecule has 160 valence electrons. The Morgan fingerprint density at radius 3 is 1.97 bits per heavy atom. The highest BCUT2D eigenvalue weighted by molar-refractivity contribution is 7.92. The Morgan fingerprint density at radius 2 is 1.45 bits per heavy atom. The van der Waals surface area contributed by atoms with Gasteiger partial charge in [-0.15, -0.1) is 0 Å². The monoisotopic (exact) mass is 440 g/mol. The van der Waals surface area contributed by atoms with Crippen molar-refractivity contribution in [2.45, 2.75) is 6.10 Å². The van der Waals surface area contributed by atoms with Gasteiger partial charge in [-0.3, -0.25) is 4.31 Å². The number of fused-ring (bicyclic) bond motifs is 3. The summed E-state index contributed by atoms with van der Waals surface area (Å²) in [6.07, 6.45) is -0.118. The molecule has 0 aromatic heterocycles. The van der Waals surface area contributed by atoms with Crippen molar-refractivity contribution in [2.24, 2.45) is 5.16 Å². The number of hydrogen-bond acceptors (Lipinski definition) is 5. The lowest BCUT2D eigenvalue weighted by Gasteiger charge is -2.24. The molecule has 3 aromatic rings. The minimum atomic E-state index is -3.69. The van der Waals surface area contributed by atoms with Crippen molar-refractivity contribution < 1.29 is 22.8 Å². The van der Waals surface area contributed by atoms with Crippen molar-refractivity contribution in [3.63, 3.8) is 0 Å². The van der Waals surface area contributed by atoms with E-state index in [1.165, 1.54) is 12.1 Å². The molecule has 1 aliphatic rings. The first-order chi connectivity index (χ1) is 14.8. The maximum atomic E-state index is 13.2. The molecule has 0 saturated carbocycles. The van der Waals surface area contributed by atoms with Crippen LogP contribution in [0.3, 0.4) is 0 Å². The lowest BCUT2D eigenvalue weighted by Crippen LogP contribution is -2.38. The average molecular weight is 440 g/mol. The van der Waals surface area contributed by atoms with Gasteiger partial charge in [-0.1, -0.05) is 53.7 Å². The van der Waals surface area contributed by atoms with E-state index in [0.717, 1.165) is 44.9 Å². The fourth-order valence-electron chi connectivity index (χ4n) is 3.56. The summed E-state index contributed by atoms with van der Waals surface area (Å²) in [5, 5.41) is 14.6. The fourth-order valence-corrected chi connectivity index (χ4v) is 4.51. The summed E-state index contributed by atoms with van der Waals surface area (Å²) in [7, 11) is -3.69. The van der Waals surface area contributed by atoms with Gasteiger partial charge in [0.15, 0.2) is 0 Å². The number of rotatable bonds is 7. The molecule has 1 atom stereocenters. The highest BCUT2D eigenvalue weighted by Gasteiger charge is 2.25. The third-order valence-corrected chi connectivity index (χ3v) is 6.13. The number of hydrogen-bond donors (Lipinski definition) is 1. The van der Waals surface area contributed by atoms with Gasteiger partial charge in [-0.05, 0) is 35.4 Å². The molecule has 0 amide bonds. The zero-order valence-corrected chi connectivity index (χ0v) is 17.6. The van der Waals surface area contributed by atoms with Crippen molar-refractivity contribution in [3.05, 3.63) is 89.7 Å². The minimum absolute atomic E-state index is 0.207. The molecule has 3 aromatic carbocycles. The van der Waals surface area contributed by atoms with Gasteiger partial charge in [-0.2, -0.15) is 0 Å². The van der Waals surface area contributed by atoms with Crippen LogP contribution in [0.25, 0.3) is 11.1 Å². The third kappa shape index (κ3) is 4.45. The first-order valence-corrected chi connectivity index (χ1v) is 11.5. The number of halogens is 1. The average Bonchev–Trinajstić information content (AvgIpc) is 3.06. The molecule has 0 saturated heterocycles. The van der Waals surface area contributed by atoms with Crippen molar-refractivity contribution in [3.8, 4) is 11.1 Å². The molecular weight excluding hydrogens is 419 g/mol. The van der Waals surface area contributed by atoms with E-state index in [2.05, 4.69) is 5.16 Å². The lowest BCUT2D eigenvalue weighted by atomic mass is 10.1. The molecule has 4 rings (SSSR count). The van der Waals surface area contributed by atoms with Gasteiger partial charge in [0.2, 0.25) is 10.0 Å². The number of anilines is 1. The van der Waals surface area contributed by atoms with E-state index in [0.29, 0.717) is 5.71 Å². The van der Waals surface area contributed by atoms with E-state index in [1.807, 2.05) is 48.5 Å². The summed E-state index contributed by atoms with van der Waals surface area (Å²) in [6, 6.07) is 20.7. The van der Waals surface area contributed by atoms with E-state index in [4.69, 9.17) is 4.84 Å². The predicted molar refractivity (Wildman–Crippen MR) is 118 cm³/mol. The van der Waals surface area contributed by atoms with Crippen LogP contribution in [0.4, 0.5) is 10.1 Å². The Morgan fingerprint density at radius 1 is 0.935 bits per heavy atom. The molecule has 0 radical (unpaired) electrons. The van der Waals surface area contributed by atoms with E-state index < -0.39 is 21.9 Å². The zero-order chi connectivity index (χ0) is 22.0. The van der Waals surface area contributed by atoms with Crippen LogP contribution in [0.15, 0.2) is 78.0 Å². The number of oxime groups is 1. The molecule has 0 unspecified atom stereocenters. The summed E-state index contributed by atoms with van der Waals surface area (Å²) in [4.78, 5) is 5.42. The Balaban J connectivity index is 1.49. The largest absolute Gasteiger partial charge is 0.392 e. The van der Waals surface area contributed by atoms with Crippen molar-refractivity contribution >= 4 is 21.4 Å². The summed E-state index contributed by atoms with van der Waals surface area (Å²) in [6.45, 7) is -0.455. The van der Waals surface area contributed by atoms with Crippen LogP contribution in [-0.4, -0.2) is 44.7 Å². The summed E-state index contributed by atoms with van der Waals surface area (Å²) in [5.41, 5.74) is 4.90. The molecule has 0 aliphatic heterocycles. The molecular formula is C23H21FN2O4S. The summed E-state index contributed by atoms with van der Waals surface area (Å²) in [5.74, 6) is -0.478. The zero-order valence-electron chi connectivity index (χ0n) is 16.8. The number of benzene rings is 3. The third-order valence-electron chi connectivity index (χ3n) is 4.97. The van der Waals surface area contributed by atoms with Gasteiger partial charge < -0.3 is 9.94 Å². The number of aliphatic hydroxyl groups excluding tert-OH is 1. The Bertz CT molecular complexity index is 1180. The van der Waals surface area contributed by atoms with Gasteiger partial charge in [0.25, 0.3) is 0 Å². The number of nitrogens with zero attached hydrogens (tertiary/aromatic N) is 2. The standard InChI is InChI=1S/C23H21FN2O4S/c1-31(28,29)26(17-12-10-16(24)11-13-17)14-18(27)15-30-25-23-21-8-4-2-6-19(21)20-7-3-5-9-22(20)23/h2-13,18,27H,14-15H2,1H3/t18-/m1/s1. The second kappa shape index (κ2) is 8.49. The topological polar surface area (TPSA) is 79.2 Å². The van der Waals surface area contributed by atoms with Crippen molar-refractivity contribution in [2.75, 3.05) is 23.7 Å². The van der Waals surface area contributed by atoms with Crippen LogP contribution >= 0.6 is 0 Å². The molecule has 1 N–H and O–H groups in total. The number of sulfonamides is 1. The Labute approximate surface area is 180 Å². The SMILES string of the molecule is CS(=O)(=O)N(C[C@@H](O)CON=C1c2ccccc2-c2ccccc21)c1ccc(F)cc1. The predicted octanol–water partition coefficient (Wildman–Crippen LogP) is 3.40. The molecule has 0 spiro atoms. The van der Waals surface area contributed by atoms with Crippen LogP contribution in [0.2, 0.25) is 0 Å². The smallest absolute Gasteiger partial charge is 0.232 e. The van der Waals surface area contributed by atoms with E-state index in [9.17, 15) is 17.9 Å². The Hall–Kier alpha value is -3.23. The van der Waals surface area contributed by atoms with Crippen LogP contribution in [-0.2, 0) is 14.9 Å². The van der Waals surface area contributed by atoms with E-state index in [-0.39, 0.29) is 18.8 Å². The molecule has 0 fully saturated rings. The molecule has 0 heterocycles. The van der Waals surface area contributed by atoms with E-state index in [1.54, 1.807) is 0 Å². The van der Waals surface area contributed by atoms with Gasteiger partial charge in [0.1, 0.15) is 24.2 Å². The van der Waals surface area contributed by atoms with Gasteiger partial charge in [-0.25, -0.2) is 12.8 Å². The summed E-state index contributed by atoms with van der Waals surface area (Å²) >= 11 is 0. The lowest BCUT2D eigenvalue weighted by molar-refractivity contribution is 0.0456. The number of aliphatic hydroxyl groups is 1. The first-order valence-electron chi connectivity index (χ1n) is 9.65. The first kappa shape index (κ1) is 21.0. The second-order valence-corrected chi connectivity index (χ2v) is 9.16. The normalized spacial score (nSPS) is 13.3. The van der Waals surface area contributed by atoms with Crippen molar-refractivity contribution in [1.82, 2.24) is 0 Å². The molecule has 6 nitrogen and oxygen atoms in total. The van der Waals surface area contributed by atoms with Gasteiger partial charge >= 0.3 is 0 Å². The highest BCUT2D eigenvalue weighted by atomic mass is 32.2. The van der Waals surface area contributed by atoms with Crippen LogP contribution in [0.5, 0.6) is 0 Å². The van der Waals surface area contributed by atoms with Crippen LogP contribution in [0, 0.1) is 5.82 Å². The molecule has 31 heavy (non-hydrogen) atoms.